The molecule has 3 rings (SSSR count). The van der Waals surface area contributed by atoms with E-state index >= 15 is 0 Å². The van der Waals surface area contributed by atoms with E-state index in [4.69, 9.17) is 5.11 Å². The Balaban J connectivity index is 1.64. The second kappa shape index (κ2) is 5.54. The molecule has 104 valence electrons. The van der Waals surface area contributed by atoms with Gasteiger partial charge in [0.2, 0.25) is 0 Å². The maximum absolute atomic E-state index is 10.9. The highest BCUT2D eigenvalue weighted by molar-refractivity contribution is 9.10. The lowest BCUT2D eigenvalue weighted by molar-refractivity contribution is -0.138. The molecule has 1 N–H and O–H groups in total. The molecule has 5 heteroatoms. The SMILES string of the molecule is O=C(O)CC1CC2CCC(C1)N2Cc1cc(Br)cs1. The van der Waals surface area contributed by atoms with Crippen molar-refractivity contribution >= 4 is 33.2 Å². The summed E-state index contributed by atoms with van der Waals surface area (Å²) in [5, 5.41) is 11.1. The number of halogens is 1. The van der Waals surface area contributed by atoms with Gasteiger partial charge in [-0.15, -0.1) is 11.3 Å². The van der Waals surface area contributed by atoms with Gasteiger partial charge in [-0.25, -0.2) is 0 Å². The lowest BCUT2D eigenvalue weighted by atomic mass is 9.88. The van der Waals surface area contributed by atoms with Crippen molar-refractivity contribution in [1.82, 2.24) is 4.90 Å². The van der Waals surface area contributed by atoms with Gasteiger partial charge in [0.1, 0.15) is 0 Å². The molecule has 0 amide bonds. The zero-order valence-electron chi connectivity index (χ0n) is 10.7. The molecule has 1 aromatic rings. The van der Waals surface area contributed by atoms with Crippen LogP contribution in [-0.4, -0.2) is 28.1 Å². The molecule has 0 saturated carbocycles. The maximum Gasteiger partial charge on any atom is 0.303 e. The van der Waals surface area contributed by atoms with Crippen LogP contribution >= 0.6 is 27.3 Å². The average molecular weight is 344 g/mol. The second-order valence-corrected chi connectivity index (χ2v) is 7.64. The topological polar surface area (TPSA) is 40.5 Å². The van der Waals surface area contributed by atoms with Crippen LogP contribution in [0.1, 0.15) is 37.0 Å². The normalized spacial score (nSPS) is 30.7. The van der Waals surface area contributed by atoms with Gasteiger partial charge in [0.15, 0.2) is 0 Å². The van der Waals surface area contributed by atoms with Crippen molar-refractivity contribution < 1.29 is 9.90 Å². The first-order valence-corrected chi connectivity index (χ1v) is 8.49. The number of carboxylic acid groups (broad SMARTS) is 1. The van der Waals surface area contributed by atoms with Gasteiger partial charge < -0.3 is 5.11 Å². The Labute approximate surface area is 125 Å². The van der Waals surface area contributed by atoms with Gasteiger partial charge in [-0.05, 0) is 53.6 Å². The highest BCUT2D eigenvalue weighted by Crippen LogP contribution is 2.41. The van der Waals surface area contributed by atoms with E-state index in [1.807, 2.05) is 0 Å². The summed E-state index contributed by atoms with van der Waals surface area (Å²) in [5.41, 5.74) is 0. The third kappa shape index (κ3) is 3.03. The summed E-state index contributed by atoms with van der Waals surface area (Å²) in [7, 11) is 0. The maximum atomic E-state index is 10.9. The summed E-state index contributed by atoms with van der Waals surface area (Å²) in [5.74, 6) is -0.249. The van der Waals surface area contributed by atoms with Gasteiger partial charge in [0, 0.05) is 39.8 Å². The van der Waals surface area contributed by atoms with E-state index in [1.165, 1.54) is 22.2 Å². The van der Waals surface area contributed by atoms with E-state index in [-0.39, 0.29) is 0 Å². The molecule has 19 heavy (non-hydrogen) atoms. The molecule has 1 aromatic heterocycles. The van der Waals surface area contributed by atoms with Crippen LogP contribution in [0.15, 0.2) is 15.9 Å². The number of carbonyl (C=O) groups is 1. The van der Waals surface area contributed by atoms with Crippen molar-refractivity contribution in [3.63, 3.8) is 0 Å². The number of nitrogens with zero attached hydrogens (tertiary/aromatic N) is 1. The number of rotatable bonds is 4. The van der Waals surface area contributed by atoms with Crippen LogP contribution in [0.3, 0.4) is 0 Å². The van der Waals surface area contributed by atoms with E-state index in [0.717, 1.165) is 19.4 Å². The van der Waals surface area contributed by atoms with Crippen molar-refractivity contribution in [2.45, 2.75) is 50.7 Å². The Bertz CT molecular complexity index is 462. The van der Waals surface area contributed by atoms with E-state index in [1.54, 1.807) is 11.3 Å². The molecule has 2 aliphatic rings. The van der Waals surface area contributed by atoms with Gasteiger partial charge in [-0.2, -0.15) is 0 Å². The number of hydrogen-bond donors (Lipinski definition) is 1. The second-order valence-electron chi connectivity index (χ2n) is 5.72. The number of aliphatic carboxylic acids is 1. The fourth-order valence-electron chi connectivity index (χ4n) is 3.68. The summed E-state index contributed by atoms with van der Waals surface area (Å²) in [4.78, 5) is 14.9. The molecule has 2 unspecified atom stereocenters. The smallest absolute Gasteiger partial charge is 0.303 e. The molecule has 3 nitrogen and oxygen atoms in total. The van der Waals surface area contributed by atoms with Crippen LogP contribution in [0.25, 0.3) is 0 Å². The van der Waals surface area contributed by atoms with Crippen LogP contribution in [0.4, 0.5) is 0 Å². The lowest BCUT2D eigenvalue weighted by Crippen LogP contribution is -2.42. The number of thiophene rings is 1. The summed E-state index contributed by atoms with van der Waals surface area (Å²) in [6.07, 6.45) is 4.97. The molecular formula is C14H18BrNO2S. The summed E-state index contributed by atoms with van der Waals surface area (Å²) in [6.45, 7) is 1.03. The third-order valence-corrected chi connectivity index (χ3v) is 6.09. The number of carboxylic acids is 1. The predicted octanol–water partition coefficient (Wildman–Crippen LogP) is 3.73. The van der Waals surface area contributed by atoms with Crippen molar-refractivity contribution in [2.75, 3.05) is 0 Å². The molecule has 0 aliphatic carbocycles. The highest BCUT2D eigenvalue weighted by Gasteiger charge is 2.40. The standard InChI is InChI=1S/C14H18BrNO2S/c15-10-6-13(19-8-10)7-16-11-1-2-12(16)4-9(3-11)5-14(17)18/h6,8-9,11-12H,1-5,7H2,(H,17,18). The van der Waals surface area contributed by atoms with Crippen LogP contribution in [0.5, 0.6) is 0 Å². The molecule has 2 saturated heterocycles. The van der Waals surface area contributed by atoms with E-state index in [0.29, 0.717) is 24.4 Å². The van der Waals surface area contributed by atoms with Crippen LogP contribution in [0, 0.1) is 5.92 Å². The van der Waals surface area contributed by atoms with Gasteiger partial charge in [-0.3, -0.25) is 9.69 Å². The highest BCUT2D eigenvalue weighted by atomic mass is 79.9. The Kier molecular flexibility index (Phi) is 3.96. The van der Waals surface area contributed by atoms with Gasteiger partial charge in [-0.1, -0.05) is 0 Å². The van der Waals surface area contributed by atoms with Gasteiger partial charge in [0.25, 0.3) is 0 Å². The number of piperidine rings is 1. The van der Waals surface area contributed by atoms with Crippen LogP contribution in [-0.2, 0) is 11.3 Å². The minimum Gasteiger partial charge on any atom is -0.481 e. The largest absolute Gasteiger partial charge is 0.481 e. The fraction of sp³-hybridized carbons (Fsp3) is 0.643. The Hall–Kier alpha value is -0.390. The zero-order valence-corrected chi connectivity index (χ0v) is 13.1. The lowest BCUT2D eigenvalue weighted by Gasteiger charge is -2.38. The van der Waals surface area contributed by atoms with Crippen molar-refractivity contribution in [3.05, 3.63) is 20.8 Å². The molecule has 2 bridgehead atoms. The minimum absolute atomic E-state index is 0.353. The number of hydrogen-bond acceptors (Lipinski definition) is 3. The Morgan fingerprint density at radius 3 is 2.63 bits per heavy atom. The molecule has 3 heterocycles. The van der Waals surface area contributed by atoms with Gasteiger partial charge in [0.05, 0.1) is 0 Å². The van der Waals surface area contributed by atoms with Crippen molar-refractivity contribution in [2.24, 2.45) is 5.92 Å². The fourth-order valence-corrected chi connectivity index (χ4v) is 5.13. The zero-order chi connectivity index (χ0) is 13.4. The van der Waals surface area contributed by atoms with Crippen molar-refractivity contribution in [1.29, 1.82) is 0 Å². The van der Waals surface area contributed by atoms with Crippen molar-refractivity contribution in [3.8, 4) is 0 Å². The minimum atomic E-state index is -0.639. The van der Waals surface area contributed by atoms with E-state index in [9.17, 15) is 4.79 Å². The summed E-state index contributed by atoms with van der Waals surface area (Å²) >= 11 is 5.31. The first-order chi connectivity index (χ1) is 9.11. The molecule has 2 fully saturated rings. The molecule has 0 spiro atoms. The van der Waals surface area contributed by atoms with Gasteiger partial charge >= 0.3 is 5.97 Å². The van der Waals surface area contributed by atoms with Crippen LogP contribution in [0.2, 0.25) is 0 Å². The number of fused-ring (bicyclic) bond motifs is 2. The Morgan fingerprint density at radius 1 is 1.42 bits per heavy atom. The molecule has 0 radical (unpaired) electrons. The molecular weight excluding hydrogens is 326 g/mol. The summed E-state index contributed by atoms with van der Waals surface area (Å²) < 4.78 is 1.17. The predicted molar refractivity (Wildman–Crippen MR) is 79.3 cm³/mol. The monoisotopic (exact) mass is 343 g/mol. The third-order valence-electron chi connectivity index (χ3n) is 4.41. The Morgan fingerprint density at radius 2 is 2.11 bits per heavy atom. The summed E-state index contributed by atoms with van der Waals surface area (Å²) in [6, 6.07) is 3.40. The van der Waals surface area contributed by atoms with E-state index in [2.05, 4.69) is 32.3 Å². The molecule has 2 atom stereocenters. The average Bonchev–Trinajstić information content (AvgIpc) is 2.82. The molecule has 2 aliphatic heterocycles. The quantitative estimate of drug-likeness (QED) is 0.905. The first kappa shape index (κ1) is 13.6. The first-order valence-electron chi connectivity index (χ1n) is 6.82. The molecule has 0 aromatic carbocycles. The van der Waals surface area contributed by atoms with Crippen LogP contribution < -0.4 is 0 Å². The van der Waals surface area contributed by atoms with E-state index < -0.39 is 5.97 Å².